The number of halogens is 1. The van der Waals surface area contributed by atoms with Gasteiger partial charge in [-0.05, 0) is 25.9 Å². The molecule has 0 unspecified atom stereocenters. The van der Waals surface area contributed by atoms with Gasteiger partial charge in [-0.2, -0.15) is 4.98 Å². The van der Waals surface area contributed by atoms with E-state index in [9.17, 15) is 0 Å². The third kappa shape index (κ3) is 2.28. The molecule has 3 fully saturated rings. The number of methoxy groups -OCH3 is 1. The average molecular weight is 324 g/mol. The van der Waals surface area contributed by atoms with Gasteiger partial charge in [-0.25, -0.2) is 9.98 Å². The number of nitrogens with one attached hydrogen (secondary N) is 1. The Balaban J connectivity index is 1.46. The average Bonchev–Trinajstić information content (AvgIpc) is 2.91. The van der Waals surface area contributed by atoms with Crippen molar-refractivity contribution in [3.63, 3.8) is 0 Å². The molecule has 7 nitrogen and oxygen atoms in total. The van der Waals surface area contributed by atoms with Crippen LogP contribution in [0.4, 0.5) is 5.95 Å². The number of fused-ring (bicyclic) bond motifs is 2. The molecular formula is C14H18ClN5O2. The monoisotopic (exact) mass is 323 g/mol. The lowest BCUT2D eigenvalue weighted by atomic mass is 9.75. The van der Waals surface area contributed by atoms with Gasteiger partial charge >= 0.3 is 0 Å². The molecule has 1 atom stereocenters. The van der Waals surface area contributed by atoms with E-state index >= 15 is 0 Å². The minimum absolute atomic E-state index is 0.172. The predicted molar refractivity (Wildman–Crippen MR) is 82.5 cm³/mol. The molecule has 5 heterocycles. The molecule has 2 bridgehead atoms. The van der Waals surface area contributed by atoms with E-state index in [0.29, 0.717) is 30.2 Å². The van der Waals surface area contributed by atoms with Gasteiger partial charge < -0.3 is 9.47 Å². The summed E-state index contributed by atoms with van der Waals surface area (Å²) in [4.78, 5) is 15.2. The number of piperidine rings is 3. The van der Waals surface area contributed by atoms with Gasteiger partial charge in [0.15, 0.2) is 10.9 Å². The van der Waals surface area contributed by atoms with Crippen LogP contribution in [0.1, 0.15) is 12.8 Å². The molecule has 3 saturated heterocycles. The molecule has 0 aliphatic carbocycles. The summed E-state index contributed by atoms with van der Waals surface area (Å²) in [6.07, 6.45) is 3.90. The maximum Gasteiger partial charge on any atom is 0.292 e. The molecular weight excluding hydrogens is 306 g/mol. The summed E-state index contributed by atoms with van der Waals surface area (Å²) in [5.41, 5.74) is -0.172. The maximum atomic E-state index is 6.17. The molecule has 22 heavy (non-hydrogen) atoms. The van der Waals surface area contributed by atoms with Gasteiger partial charge in [0.1, 0.15) is 5.60 Å². The SMILES string of the molecule is COc1cnc(NC2=NC[C@@]3(CN4CCC3CC4)O2)nc1Cl. The Morgan fingerprint density at radius 2 is 2.27 bits per heavy atom. The van der Waals surface area contributed by atoms with Crippen LogP contribution in [-0.4, -0.2) is 59.8 Å². The summed E-state index contributed by atoms with van der Waals surface area (Å²) in [5.74, 6) is 1.39. The van der Waals surface area contributed by atoms with Gasteiger partial charge in [0.05, 0.1) is 19.9 Å². The van der Waals surface area contributed by atoms with Crippen molar-refractivity contribution in [2.24, 2.45) is 10.9 Å². The molecule has 0 amide bonds. The van der Waals surface area contributed by atoms with Gasteiger partial charge in [0.25, 0.3) is 6.02 Å². The van der Waals surface area contributed by atoms with E-state index < -0.39 is 0 Å². The molecule has 118 valence electrons. The minimum atomic E-state index is -0.172. The van der Waals surface area contributed by atoms with Crippen LogP contribution in [-0.2, 0) is 4.74 Å². The zero-order valence-corrected chi connectivity index (χ0v) is 13.1. The Morgan fingerprint density at radius 1 is 1.45 bits per heavy atom. The number of anilines is 1. The second-order valence-electron chi connectivity index (χ2n) is 6.02. The van der Waals surface area contributed by atoms with E-state index in [-0.39, 0.29) is 10.8 Å². The number of nitrogens with zero attached hydrogens (tertiary/aromatic N) is 4. The van der Waals surface area contributed by atoms with E-state index in [1.807, 2.05) is 0 Å². The van der Waals surface area contributed by atoms with Gasteiger partial charge in [-0.1, -0.05) is 11.6 Å². The van der Waals surface area contributed by atoms with E-state index in [4.69, 9.17) is 21.1 Å². The minimum Gasteiger partial charge on any atom is -0.492 e. The van der Waals surface area contributed by atoms with E-state index in [1.165, 1.54) is 39.2 Å². The third-order valence-electron chi connectivity index (χ3n) is 4.76. The number of ether oxygens (including phenoxy) is 2. The van der Waals surface area contributed by atoms with E-state index in [1.54, 1.807) is 0 Å². The van der Waals surface area contributed by atoms with Crippen LogP contribution in [0.15, 0.2) is 11.2 Å². The Kier molecular flexibility index (Phi) is 3.34. The number of amidine groups is 1. The Morgan fingerprint density at radius 3 is 2.91 bits per heavy atom. The van der Waals surface area contributed by atoms with Crippen LogP contribution in [0.5, 0.6) is 5.75 Å². The number of hydrogen-bond acceptors (Lipinski definition) is 7. The second kappa shape index (κ2) is 5.24. The van der Waals surface area contributed by atoms with Crippen molar-refractivity contribution in [2.45, 2.75) is 18.4 Å². The molecule has 0 radical (unpaired) electrons. The lowest BCUT2D eigenvalue weighted by Crippen LogP contribution is -2.61. The van der Waals surface area contributed by atoms with Crippen molar-refractivity contribution in [1.29, 1.82) is 0 Å². The summed E-state index contributed by atoms with van der Waals surface area (Å²) in [6.45, 7) is 4.00. The van der Waals surface area contributed by atoms with Crippen LogP contribution >= 0.6 is 11.6 Å². The van der Waals surface area contributed by atoms with Crippen LogP contribution < -0.4 is 10.1 Å². The summed E-state index contributed by atoms with van der Waals surface area (Å²) >= 11 is 6.01. The summed E-state index contributed by atoms with van der Waals surface area (Å²) < 4.78 is 11.2. The lowest BCUT2D eigenvalue weighted by molar-refractivity contribution is -0.0829. The van der Waals surface area contributed by atoms with Crippen LogP contribution in [0.25, 0.3) is 0 Å². The summed E-state index contributed by atoms with van der Waals surface area (Å²) in [5, 5.41) is 3.27. The number of aliphatic imine (C=N–C) groups is 1. The fraction of sp³-hybridized carbons (Fsp3) is 0.643. The number of hydrogen-bond donors (Lipinski definition) is 1. The molecule has 1 aromatic rings. The zero-order chi connectivity index (χ0) is 15.2. The molecule has 4 aliphatic rings. The number of aromatic nitrogens is 2. The first-order valence-electron chi connectivity index (χ1n) is 7.48. The third-order valence-corrected chi connectivity index (χ3v) is 5.03. The molecule has 1 N–H and O–H groups in total. The van der Waals surface area contributed by atoms with Crippen LogP contribution in [0, 0.1) is 5.92 Å². The largest absolute Gasteiger partial charge is 0.492 e. The smallest absolute Gasteiger partial charge is 0.292 e. The standard InChI is InChI=1S/C14H18ClN5O2/c1-21-10-6-16-12(18-11(10)15)19-13-17-7-14(22-13)8-20-4-2-9(14)3-5-20/h6,9H,2-5,7-8H2,1H3,(H,16,17,18,19)/t14-/m0/s1. The molecule has 1 aromatic heterocycles. The Hall–Kier alpha value is -1.60. The fourth-order valence-corrected chi connectivity index (χ4v) is 3.80. The fourth-order valence-electron chi connectivity index (χ4n) is 3.59. The van der Waals surface area contributed by atoms with Crippen molar-refractivity contribution in [2.75, 3.05) is 38.6 Å². The molecule has 8 heteroatoms. The van der Waals surface area contributed by atoms with Gasteiger partial charge in [-0.3, -0.25) is 10.2 Å². The van der Waals surface area contributed by atoms with Crippen molar-refractivity contribution in [1.82, 2.24) is 14.9 Å². The van der Waals surface area contributed by atoms with Crippen molar-refractivity contribution >= 4 is 23.6 Å². The Labute approximate surface area is 133 Å². The first kappa shape index (κ1) is 14.0. The first-order chi connectivity index (χ1) is 10.7. The van der Waals surface area contributed by atoms with Crippen molar-refractivity contribution < 1.29 is 9.47 Å². The summed E-state index contributed by atoms with van der Waals surface area (Å²) in [7, 11) is 1.53. The van der Waals surface area contributed by atoms with Gasteiger partial charge in [0.2, 0.25) is 5.95 Å². The zero-order valence-electron chi connectivity index (χ0n) is 12.4. The van der Waals surface area contributed by atoms with E-state index in [0.717, 1.165) is 6.54 Å². The highest BCUT2D eigenvalue weighted by molar-refractivity contribution is 6.30. The Bertz CT molecular complexity index is 617. The molecule has 0 saturated carbocycles. The van der Waals surface area contributed by atoms with Gasteiger partial charge in [0, 0.05) is 12.5 Å². The van der Waals surface area contributed by atoms with Crippen LogP contribution in [0.3, 0.4) is 0 Å². The molecule has 5 rings (SSSR count). The second-order valence-corrected chi connectivity index (χ2v) is 6.37. The van der Waals surface area contributed by atoms with Crippen LogP contribution in [0.2, 0.25) is 5.15 Å². The highest BCUT2D eigenvalue weighted by Gasteiger charge is 2.51. The maximum absolute atomic E-state index is 6.17. The van der Waals surface area contributed by atoms with E-state index in [2.05, 4.69) is 25.2 Å². The molecule has 1 spiro atoms. The lowest BCUT2D eigenvalue weighted by Gasteiger charge is -2.50. The first-order valence-corrected chi connectivity index (χ1v) is 7.86. The van der Waals surface area contributed by atoms with Crippen molar-refractivity contribution in [3.8, 4) is 5.75 Å². The predicted octanol–water partition coefficient (Wildman–Crippen LogP) is 1.40. The highest BCUT2D eigenvalue weighted by atomic mass is 35.5. The molecule has 4 aliphatic heterocycles. The van der Waals surface area contributed by atoms with Crippen molar-refractivity contribution in [3.05, 3.63) is 11.3 Å². The summed E-state index contributed by atoms with van der Waals surface area (Å²) in [6, 6.07) is 0.481. The highest BCUT2D eigenvalue weighted by Crippen LogP contribution is 2.40. The quantitative estimate of drug-likeness (QED) is 0.830. The molecule has 0 aromatic carbocycles. The topological polar surface area (TPSA) is 71.9 Å². The normalized spacial score (nSPS) is 32.7. The number of rotatable bonds is 2. The van der Waals surface area contributed by atoms with Gasteiger partial charge in [-0.15, -0.1) is 0 Å².